The van der Waals surface area contributed by atoms with Crippen molar-refractivity contribution in [2.24, 2.45) is 0 Å². The minimum Gasteiger partial charge on any atom is -1.00 e. The molecule has 0 radical (unpaired) electrons. The molecule has 25 heavy (non-hydrogen) atoms. The van der Waals surface area contributed by atoms with E-state index < -0.39 is 0 Å². The van der Waals surface area contributed by atoms with E-state index in [1.165, 1.54) is 126 Å². The lowest BCUT2D eigenvalue weighted by molar-refractivity contribution is -0.929. The van der Waals surface area contributed by atoms with E-state index in [2.05, 4.69) is 36.7 Å². The molecular formula is C22H47Br2N. The van der Waals surface area contributed by atoms with E-state index in [1.807, 2.05) is 0 Å². The van der Waals surface area contributed by atoms with Crippen LogP contribution in [0.3, 0.4) is 0 Å². The van der Waals surface area contributed by atoms with E-state index in [4.69, 9.17) is 0 Å². The zero-order valence-corrected chi connectivity index (χ0v) is 20.8. The van der Waals surface area contributed by atoms with Crippen LogP contribution in [0.1, 0.15) is 111 Å². The third kappa shape index (κ3) is 16.8. The average Bonchev–Trinajstić information content (AvgIpc) is 2.60. The van der Waals surface area contributed by atoms with Crippen LogP contribution in [0.2, 0.25) is 0 Å². The molecule has 0 amide bonds. The van der Waals surface area contributed by atoms with E-state index in [0.29, 0.717) is 0 Å². The molecule has 0 heterocycles. The van der Waals surface area contributed by atoms with E-state index in [1.54, 1.807) is 0 Å². The number of nitrogens with zero attached hydrogens (tertiary/aromatic N) is 1. The third-order valence-electron chi connectivity index (χ3n) is 5.47. The van der Waals surface area contributed by atoms with Crippen LogP contribution < -0.4 is 17.0 Å². The second-order valence-electron chi connectivity index (χ2n) is 7.81. The molecule has 0 fully saturated rings. The molecular weight excluding hydrogens is 438 g/mol. The molecule has 0 N–H and O–H groups in total. The number of alkyl halides is 1. The number of halogens is 2. The van der Waals surface area contributed by atoms with Crippen molar-refractivity contribution in [2.45, 2.75) is 111 Å². The highest BCUT2D eigenvalue weighted by Gasteiger charge is 2.25. The zero-order chi connectivity index (χ0) is 17.9. The summed E-state index contributed by atoms with van der Waals surface area (Å²) in [4.78, 5) is 0. The number of rotatable bonds is 19. The first-order valence-electron chi connectivity index (χ1n) is 11.2. The molecule has 0 aromatic heterocycles. The van der Waals surface area contributed by atoms with Crippen molar-refractivity contribution in [3.05, 3.63) is 0 Å². The van der Waals surface area contributed by atoms with Crippen LogP contribution in [0.4, 0.5) is 0 Å². The summed E-state index contributed by atoms with van der Waals surface area (Å²) >= 11 is 3.63. The quantitative estimate of drug-likeness (QED) is 0.141. The van der Waals surface area contributed by atoms with Gasteiger partial charge in [-0.15, -0.1) is 0 Å². The summed E-state index contributed by atoms with van der Waals surface area (Å²) in [5, 5.41) is 1.18. The summed E-state index contributed by atoms with van der Waals surface area (Å²) in [6.45, 7) is 12.7. The molecule has 0 spiro atoms. The van der Waals surface area contributed by atoms with Crippen molar-refractivity contribution < 1.29 is 21.5 Å². The Morgan fingerprint density at radius 2 is 0.800 bits per heavy atom. The summed E-state index contributed by atoms with van der Waals surface area (Å²) in [5.74, 6) is 0. The Labute approximate surface area is 179 Å². The maximum atomic E-state index is 3.63. The highest BCUT2D eigenvalue weighted by molar-refractivity contribution is 9.09. The van der Waals surface area contributed by atoms with Crippen molar-refractivity contribution in [1.82, 2.24) is 0 Å². The summed E-state index contributed by atoms with van der Waals surface area (Å²) in [6, 6.07) is 0. The van der Waals surface area contributed by atoms with Crippen molar-refractivity contribution in [2.75, 3.05) is 31.5 Å². The van der Waals surface area contributed by atoms with Crippen LogP contribution in [0.5, 0.6) is 0 Å². The smallest absolute Gasteiger partial charge is 0.0786 e. The zero-order valence-electron chi connectivity index (χ0n) is 17.6. The van der Waals surface area contributed by atoms with E-state index >= 15 is 0 Å². The second kappa shape index (κ2) is 21.2. The Morgan fingerprint density at radius 1 is 0.480 bits per heavy atom. The average molecular weight is 485 g/mol. The van der Waals surface area contributed by atoms with Gasteiger partial charge in [-0.1, -0.05) is 75.2 Å². The normalized spacial score (nSPS) is 11.5. The number of unbranched alkanes of at least 4 members (excludes halogenated alkanes) is 10. The van der Waals surface area contributed by atoms with Crippen molar-refractivity contribution >= 4 is 15.9 Å². The fourth-order valence-corrected chi connectivity index (χ4v) is 4.23. The predicted octanol–water partition coefficient (Wildman–Crippen LogP) is 4.72. The Hall–Kier alpha value is 0.920. The molecule has 1 nitrogen and oxygen atoms in total. The van der Waals surface area contributed by atoms with Crippen LogP contribution in [0.15, 0.2) is 0 Å². The minimum atomic E-state index is 0. The van der Waals surface area contributed by atoms with Crippen LogP contribution in [0, 0.1) is 0 Å². The fraction of sp³-hybridized carbons (Fsp3) is 1.00. The monoisotopic (exact) mass is 483 g/mol. The molecule has 154 valence electrons. The molecule has 0 saturated heterocycles. The van der Waals surface area contributed by atoms with Gasteiger partial charge < -0.3 is 21.5 Å². The molecule has 0 aliphatic rings. The third-order valence-corrected chi connectivity index (χ3v) is 6.03. The first-order valence-corrected chi connectivity index (χ1v) is 12.3. The Kier molecular flexibility index (Phi) is 23.9. The minimum absolute atomic E-state index is 0. The molecule has 3 heteroatoms. The van der Waals surface area contributed by atoms with Gasteiger partial charge in [-0.2, -0.15) is 0 Å². The predicted molar refractivity (Wildman–Crippen MR) is 115 cm³/mol. The summed E-state index contributed by atoms with van der Waals surface area (Å²) in [5.41, 5.74) is 0. The lowest BCUT2D eigenvalue weighted by Gasteiger charge is -2.39. The summed E-state index contributed by atoms with van der Waals surface area (Å²) in [7, 11) is 0. The number of quaternary nitrogens is 1. The molecule has 0 atom stereocenters. The molecule has 0 rings (SSSR count). The van der Waals surface area contributed by atoms with Gasteiger partial charge >= 0.3 is 0 Å². The van der Waals surface area contributed by atoms with Gasteiger partial charge in [0.25, 0.3) is 0 Å². The van der Waals surface area contributed by atoms with Gasteiger partial charge in [-0.3, -0.25) is 0 Å². The number of hydrogen-bond acceptors (Lipinski definition) is 0. The van der Waals surface area contributed by atoms with Crippen LogP contribution in [-0.2, 0) is 0 Å². The van der Waals surface area contributed by atoms with Gasteiger partial charge in [0.15, 0.2) is 0 Å². The van der Waals surface area contributed by atoms with Crippen LogP contribution in [0.25, 0.3) is 0 Å². The number of hydrogen-bond donors (Lipinski definition) is 0. The van der Waals surface area contributed by atoms with Crippen LogP contribution in [-0.4, -0.2) is 36.0 Å². The topological polar surface area (TPSA) is 0 Å². The van der Waals surface area contributed by atoms with E-state index in [-0.39, 0.29) is 17.0 Å². The highest BCUT2D eigenvalue weighted by Crippen LogP contribution is 2.19. The second-order valence-corrected chi connectivity index (χ2v) is 8.61. The van der Waals surface area contributed by atoms with E-state index in [9.17, 15) is 0 Å². The van der Waals surface area contributed by atoms with E-state index in [0.717, 1.165) is 0 Å². The van der Waals surface area contributed by atoms with Gasteiger partial charge in [-0.05, 0) is 51.4 Å². The Bertz CT molecular complexity index is 215. The lowest BCUT2D eigenvalue weighted by atomic mass is 10.1. The standard InChI is InChI=1S/C22H47BrN.BrH/c1-4-7-10-14-19-24(22-17-13-18-23,20-15-11-8-5-2)21-16-12-9-6-3;/h4-22H2,1-3H3;1H/q+1;/p-1. The Balaban J connectivity index is 0. The first kappa shape index (κ1) is 28.1. The fourth-order valence-electron chi connectivity index (χ4n) is 3.83. The summed E-state index contributed by atoms with van der Waals surface area (Å²) < 4.78 is 1.43. The summed E-state index contributed by atoms with van der Waals surface area (Å²) in [6.07, 6.45) is 19.8. The van der Waals surface area contributed by atoms with Crippen molar-refractivity contribution in [1.29, 1.82) is 0 Å². The van der Waals surface area contributed by atoms with Crippen molar-refractivity contribution in [3.8, 4) is 0 Å². The molecule has 0 unspecified atom stereocenters. The van der Waals surface area contributed by atoms with Gasteiger partial charge in [0.05, 0.1) is 26.2 Å². The molecule has 0 aromatic rings. The molecule has 0 saturated carbocycles. The van der Waals surface area contributed by atoms with Gasteiger partial charge in [0.1, 0.15) is 0 Å². The van der Waals surface area contributed by atoms with Crippen molar-refractivity contribution in [3.63, 3.8) is 0 Å². The molecule has 0 aliphatic carbocycles. The molecule has 0 bridgehead atoms. The van der Waals surface area contributed by atoms with Gasteiger partial charge in [0.2, 0.25) is 0 Å². The lowest BCUT2D eigenvalue weighted by Crippen LogP contribution is -3.00. The highest BCUT2D eigenvalue weighted by atomic mass is 79.9. The molecule has 0 aliphatic heterocycles. The SMILES string of the molecule is CCCCCC[N+](CCCCBr)(CCCCCC)CCCCCC.[Br-]. The largest absolute Gasteiger partial charge is 1.00 e. The molecule has 0 aromatic carbocycles. The maximum absolute atomic E-state index is 3.63. The van der Waals surface area contributed by atoms with Gasteiger partial charge in [-0.25, -0.2) is 0 Å². The maximum Gasteiger partial charge on any atom is 0.0786 e. The van der Waals surface area contributed by atoms with Gasteiger partial charge in [0, 0.05) is 5.33 Å². The van der Waals surface area contributed by atoms with Crippen LogP contribution >= 0.6 is 15.9 Å². The first-order chi connectivity index (χ1) is 11.7. The Morgan fingerprint density at radius 3 is 1.08 bits per heavy atom.